The first kappa shape index (κ1) is 24.4. The summed E-state index contributed by atoms with van der Waals surface area (Å²) in [5, 5.41) is 10.2. The number of nitrogens with one attached hydrogen (secondary N) is 2. The second-order valence-electron chi connectivity index (χ2n) is 10.3. The zero-order valence-electron chi connectivity index (χ0n) is 20.3. The molecule has 0 fully saturated rings. The van der Waals surface area contributed by atoms with E-state index in [9.17, 15) is 18.0 Å². The van der Waals surface area contributed by atoms with E-state index < -0.39 is 29.7 Å². The van der Waals surface area contributed by atoms with Gasteiger partial charge < -0.3 is 10.6 Å². The van der Waals surface area contributed by atoms with Crippen molar-refractivity contribution in [2.24, 2.45) is 0 Å². The van der Waals surface area contributed by atoms with E-state index in [1.165, 1.54) is 17.3 Å². The fourth-order valence-electron chi connectivity index (χ4n) is 5.30. The summed E-state index contributed by atoms with van der Waals surface area (Å²) in [5.41, 5.74) is 2.87. The van der Waals surface area contributed by atoms with Gasteiger partial charge in [-0.3, -0.25) is 9.69 Å². The molecule has 5 rings (SSSR count). The van der Waals surface area contributed by atoms with Crippen molar-refractivity contribution in [2.45, 2.75) is 57.0 Å². The highest BCUT2D eigenvalue weighted by Crippen LogP contribution is 2.44. The highest BCUT2D eigenvalue weighted by Gasteiger charge is 2.47. The van der Waals surface area contributed by atoms with E-state index >= 15 is 0 Å². The van der Waals surface area contributed by atoms with Crippen LogP contribution in [0.15, 0.2) is 60.8 Å². The van der Waals surface area contributed by atoms with Crippen LogP contribution < -0.4 is 10.6 Å². The molecule has 2 aliphatic heterocycles. The molecule has 3 aromatic rings. The van der Waals surface area contributed by atoms with Gasteiger partial charge in [0.25, 0.3) is 5.91 Å². The minimum absolute atomic E-state index is 0.0950. The minimum Gasteiger partial charge on any atom is -0.363 e. The summed E-state index contributed by atoms with van der Waals surface area (Å²) in [5.74, 6) is -0.349. The maximum absolute atomic E-state index is 14.0. The van der Waals surface area contributed by atoms with Gasteiger partial charge in [-0.2, -0.15) is 18.3 Å². The van der Waals surface area contributed by atoms with Gasteiger partial charge in [0.2, 0.25) is 0 Å². The zero-order chi connectivity index (χ0) is 25.5. The smallest absolute Gasteiger partial charge is 0.363 e. The first-order valence-electron chi connectivity index (χ1n) is 12.2. The third-order valence-electron chi connectivity index (χ3n) is 6.97. The van der Waals surface area contributed by atoms with E-state index in [4.69, 9.17) is 0 Å². The predicted molar refractivity (Wildman–Crippen MR) is 132 cm³/mol. The van der Waals surface area contributed by atoms with Crippen molar-refractivity contribution >= 4 is 11.7 Å². The van der Waals surface area contributed by atoms with Gasteiger partial charge in [0.1, 0.15) is 11.4 Å². The fourth-order valence-corrected chi connectivity index (χ4v) is 5.30. The molecule has 0 radical (unpaired) electrons. The molecule has 36 heavy (non-hydrogen) atoms. The van der Waals surface area contributed by atoms with Gasteiger partial charge >= 0.3 is 6.18 Å². The Morgan fingerprint density at radius 3 is 2.50 bits per heavy atom. The molecule has 0 spiro atoms. The van der Waals surface area contributed by atoms with E-state index in [2.05, 4.69) is 32.8 Å². The van der Waals surface area contributed by atoms with E-state index in [0.29, 0.717) is 6.54 Å². The van der Waals surface area contributed by atoms with Crippen molar-refractivity contribution < 1.29 is 18.0 Å². The van der Waals surface area contributed by atoms with Gasteiger partial charge in [0.05, 0.1) is 12.2 Å². The molecule has 1 amide bonds. The van der Waals surface area contributed by atoms with Crippen LogP contribution in [0.2, 0.25) is 0 Å². The van der Waals surface area contributed by atoms with Crippen LogP contribution in [0, 0.1) is 0 Å². The lowest BCUT2D eigenvalue weighted by Crippen LogP contribution is -2.52. The van der Waals surface area contributed by atoms with Crippen molar-refractivity contribution in [1.82, 2.24) is 20.0 Å². The average molecular weight is 498 g/mol. The van der Waals surface area contributed by atoms with Crippen LogP contribution in [0.3, 0.4) is 0 Å². The van der Waals surface area contributed by atoms with Crippen LogP contribution in [0.5, 0.6) is 0 Å². The first-order chi connectivity index (χ1) is 17.1. The van der Waals surface area contributed by atoms with E-state index in [-0.39, 0.29) is 17.8 Å². The second kappa shape index (κ2) is 9.28. The van der Waals surface area contributed by atoms with Crippen molar-refractivity contribution in [3.63, 3.8) is 0 Å². The third-order valence-corrected chi connectivity index (χ3v) is 6.97. The van der Waals surface area contributed by atoms with Gasteiger partial charge in [-0.05, 0) is 37.0 Å². The average Bonchev–Trinajstić information content (AvgIpc) is 3.27. The largest absolute Gasteiger partial charge is 0.410 e. The van der Waals surface area contributed by atoms with E-state index in [0.717, 1.165) is 29.8 Å². The van der Waals surface area contributed by atoms with Crippen molar-refractivity contribution in [3.8, 4) is 0 Å². The van der Waals surface area contributed by atoms with Gasteiger partial charge in [-0.15, -0.1) is 0 Å². The number of anilines is 1. The van der Waals surface area contributed by atoms with Crippen LogP contribution in [0.4, 0.5) is 19.0 Å². The Bertz CT molecular complexity index is 1240. The minimum atomic E-state index is -4.49. The normalized spacial score (nSPS) is 20.2. The van der Waals surface area contributed by atoms with E-state index in [1.54, 1.807) is 24.3 Å². The second-order valence-corrected chi connectivity index (χ2v) is 10.3. The van der Waals surface area contributed by atoms with Crippen molar-refractivity contribution in [2.75, 3.05) is 18.4 Å². The number of carbonyl (C=O) groups is 1. The van der Waals surface area contributed by atoms with Gasteiger partial charge in [0, 0.05) is 31.6 Å². The number of alkyl halides is 3. The molecule has 2 atom stereocenters. The van der Waals surface area contributed by atoms with Crippen LogP contribution >= 0.6 is 0 Å². The predicted octanol–water partition coefficient (Wildman–Crippen LogP) is 5.11. The molecule has 6 nitrogen and oxygen atoms in total. The number of hydrogen-bond donors (Lipinski definition) is 2. The van der Waals surface area contributed by atoms with Gasteiger partial charge in [-0.25, -0.2) is 4.68 Å². The molecular formula is C27H30F3N5O. The highest BCUT2D eigenvalue weighted by molar-refractivity contribution is 5.99. The number of aromatic nitrogens is 2. The molecule has 0 bridgehead atoms. The number of carbonyl (C=O) groups excluding carboxylic acids is 1. The summed E-state index contributed by atoms with van der Waals surface area (Å²) in [6, 6.07) is 14.9. The molecule has 3 heterocycles. The molecule has 2 aromatic carbocycles. The van der Waals surface area contributed by atoms with E-state index in [1.807, 2.05) is 32.0 Å². The van der Waals surface area contributed by atoms with Crippen LogP contribution in [0.25, 0.3) is 0 Å². The molecule has 2 aliphatic rings. The lowest BCUT2D eigenvalue weighted by atomic mass is 9.96. The SMILES string of the molecule is CC(C)(CN1CCc2ccccc2C1)NC(=O)c1cnn2c1N[C@@H](c1ccccc1)C[C@H]2C(F)(F)F. The topological polar surface area (TPSA) is 62.2 Å². The maximum atomic E-state index is 14.0. The Kier molecular flexibility index (Phi) is 6.28. The number of fused-ring (bicyclic) bond motifs is 2. The third kappa shape index (κ3) is 4.97. The molecule has 0 saturated carbocycles. The monoisotopic (exact) mass is 497 g/mol. The van der Waals surface area contributed by atoms with Crippen LogP contribution in [-0.2, 0) is 13.0 Å². The van der Waals surface area contributed by atoms with Gasteiger partial charge in [-0.1, -0.05) is 54.6 Å². The Labute approximate surface area is 208 Å². The molecule has 0 unspecified atom stereocenters. The number of hydrogen-bond acceptors (Lipinski definition) is 4. The Hall–Kier alpha value is -3.33. The number of rotatable bonds is 5. The lowest BCUT2D eigenvalue weighted by Gasteiger charge is -2.36. The first-order valence-corrected chi connectivity index (χ1v) is 12.2. The fraction of sp³-hybridized carbons (Fsp3) is 0.407. The van der Waals surface area contributed by atoms with Crippen molar-refractivity contribution in [3.05, 3.63) is 83.0 Å². The quantitative estimate of drug-likeness (QED) is 0.514. The molecular weight excluding hydrogens is 467 g/mol. The lowest BCUT2D eigenvalue weighted by molar-refractivity contribution is -0.173. The molecule has 9 heteroatoms. The van der Waals surface area contributed by atoms with Gasteiger partial charge in [0.15, 0.2) is 6.04 Å². The molecule has 0 aliphatic carbocycles. The summed E-state index contributed by atoms with van der Waals surface area (Å²) in [6.07, 6.45) is -2.52. The zero-order valence-corrected chi connectivity index (χ0v) is 20.3. The van der Waals surface area contributed by atoms with Crippen molar-refractivity contribution in [1.29, 1.82) is 0 Å². The molecule has 2 N–H and O–H groups in total. The Morgan fingerprint density at radius 2 is 1.78 bits per heavy atom. The summed E-state index contributed by atoms with van der Waals surface area (Å²) in [4.78, 5) is 15.6. The molecule has 0 saturated heterocycles. The van der Waals surface area contributed by atoms with Crippen LogP contribution in [0.1, 0.15) is 59.4 Å². The number of nitrogens with zero attached hydrogens (tertiary/aromatic N) is 3. The Balaban J connectivity index is 1.34. The summed E-state index contributed by atoms with van der Waals surface area (Å²) >= 11 is 0. The Morgan fingerprint density at radius 1 is 1.08 bits per heavy atom. The maximum Gasteiger partial charge on any atom is 0.410 e. The summed E-state index contributed by atoms with van der Waals surface area (Å²) in [6.45, 7) is 6.15. The number of amides is 1. The standard InChI is InChI=1S/C27H30F3N5O/c1-26(2,17-34-13-12-18-8-6-7-11-20(18)16-34)33-25(36)21-15-31-35-23(27(28,29)30)14-22(32-24(21)35)19-9-4-3-5-10-19/h3-11,15,22-23,32H,12-14,16-17H2,1-2H3,(H,33,36)/t22-,23+/m1/s1. The summed E-state index contributed by atoms with van der Waals surface area (Å²) < 4.78 is 42.8. The van der Waals surface area contributed by atoms with Crippen LogP contribution in [-0.4, -0.2) is 45.4 Å². The molecule has 190 valence electrons. The number of halogens is 3. The summed E-state index contributed by atoms with van der Waals surface area (Å²) in [7, 11) is 0. The number of benzene rings is 2. The molecule has 1 aromatic heterocycles. The highest BCUT2D eigenvalue weighted by atomic mass is 19.4.